The van der Waals surface area contributed by atoms with Crippen LogP contribution in [0.3, 0.4) is 0 Å². The number of allylic oxidation sites excluding steroid dienone is 1. The third kappa shape index (κ3) is 8.30. The molecule has 0 unspecified atom stereocenters. The number of carbonyl (C=O) groups is 2. The van der Waals surface area contributed by atoms with E-state index in [1.807, 2.05) is 32.4 Å². The van der Waals surface area contributed by atoms with Crippen molar-refractivity contribution in [3.63, 3.8) is 0 Å². The molecule has 4 rings (SSSR count). The second kappa shape index (κ2) is 15.0. The summed E-state index contributed by atoms with van der Waals surface area (Å²) in [6.45, 7) is 7.40. The van der Waals surface area contributed by atoms with Crippen LogP contribution in [0.5, 0.6) is 0 Å². The molecule has 0 bridgehead atoms. The van der Waals surface area contributed by atoms with Crippen molar-refractivity contribution in [2.45, 2.75) is 39.5 Å². The lowest BCUT2D eigenvalue weighted by atomic mass is 10.00. The van der Waals surface area contributed by atoms with Gasteiger partial charge in [-0.3, -0.25) is 19.3 Å². The van der Waals surface area contributed by atoms with Crippen LogP contribution in [0.25, 0.3) is 11.6 Å². The molecule has 0 atom stereocenters. The highest BCUT2D eigenvalue weighted by Crippen LogP contribution is 2.25. The summed E-state index contributed by atoms with van der Waals surface area (Å²) in [5.74, 6) is -1.42. The lowest BCUT2D eigenvalue weighted by molar-refractivity contribution is 0.0948. The predicted molar refractivity (Wildman–Crippen MR) is 155 cm³/mol. The van der Waals surface area contributed by atoms with Crippen LogP contribution in [0.15, 0.2) is 42.9 Å². The van der Waals surface area contributed by atoms with Crippen LogP contribution in [0.4, 0.5) is 10.1 Å². The summed E-state index contributed by atoms with van der Waals surface area (Å²) in [6.07, 6.45) is 11.4. The van der Waals surface area contributed by atoms with Crippen LogP contribution in [0, 0.1) is 12.7 Å². The van der Waals surface area contributed by atoms with Crippen molar-refractivity contribution >= 4 is 29.2 Å². The quantitative estimate of drug-likeness (QED) is 0.347. The Bertz CT molecular complexity index is 1330. The molecule has 1 saturated heterocycles. The molecule has 3 heterocycles. The number of aliphatic hydroxyl groups excluding tert-OH is 1. The Morgan fingerprint density at radius 2 is 1.82 bits per heavy atom. The molecule has 0 spiro atoms. The lowest BCUT2D eigenvalue weighted by Gasteiger charge is -2.15. The maximum atomic E-state index is 14.6. The molecular formula is C30H39FN6O3. The van der Waals surface area contributed by atoms with E-state index >= 15 is 0 Å². The summed E-state index contributed by atoms with van der Waals surface area (Å²) in [4.78, 5) is 32.4. The largest absolute Gasteiger partial charge is 0.400 e. The van der Waals surface area contributed by atoms with Crippen LogP contribution in [0.2, 0.25) is 0 Å². The predicted octanol–water partition coefficient (Wildman–Crippen LogP) is 4.29. The van der Waals surface area contributed by atoms with Crippen LogP contribution < -0.4 is 10.6 Å². The number of aliphatic hydroxyl groups is 1. The minimum Gasteiger partial charge on any atom is -0.400 e. The first-order valence-electron chi connectivity index (χ1n) is 13.6. The van der Waals surface area contributed by atoms with Gasteiger partial charge < -0.3 is 20.6 Å². The van der Waals surface area contributed by atoms with Gasteiger partial charge in [-0.25, -0.2) is 4.39 Å². The third-order valence-electron chi connectivity index (χ3n) is 6.70. The zero-order chi connectivity index (χ0) is 29.1. The van der Waals surface area contributed by atoms with Gasteiger partial charge in [-0.1, -0.05) is 13.3 Å². The van der Waals surface area contributed by atoms with Gasteiger partial charge in [0.15, 0.2) is 0 Å². The first-order valence-corrected chi connectivity index (χ1v) is 13.6. The van der Waals surface area contributed by atoms with Crippen molar-refractivity contribution in [3.8, 4) is 0 Å². The fraction of sp³-hybridized carbons (Fsp3) is 0.400. The molecular weight excluding hydrogens is 511 g/mol. The number of aryl methyl sites for hydroxylation is 2. The maximum Gasteiger partial charge on any atom is 0.257 e. The lowest BCUT2D eigenvalue weighted by Crippen LogP contribution is -2.33. The highest BCUT2D eigenvalue weighted by Gasteiger charge is 2.16. The van der Waals surface area contributed by atoms with Crippen molar-refractivity contribution in [1.29, 1.82) is 0 Å². The minimum absolute atomic E-state index is 0.0538. The number of anilines is 1. The number of aromatic nitrogens is 3. The van der Waals surface area contributed by atoms with E-state index in [2.05, 4.69) is 32.5 Å². The first kappa shape index (κ1) is 30.6. The molecule has 40 heavy (non-hydrogen) atoms. The monoisotopic (exact) mass is 550 g/mol. The molecule has 1 aliphatic rings. The van der Waals surface area contributed by atoms with Gasteiger partial charge in [0.1, 0.15) is 5.82 Å². The van der Waals surface area contributed by atoms with Gasteiger partial charge in [0, 0.05) is 56.5 Å². The Labute approximate surface area is 235 Å². The molecule has 1 fully saturated rings. The normalized spacial score (nSPS) is 13.5. The molecule has 3 aromatic rings. The maximum absolute atomic E-state index is 14.6. The highest BCUT2D eigenvalue weighted by atomic mass is 19.1. The smallest absolute Gasteiger partial charge is 0.257 e. The van der Waals surface area contributed by atoms with Gasteiger partial charge in [0.2, 0.25) is 0 Å². The number of benzene rings is 1. The molecule has 0 saturated carbocycles. The summed E-state index contributed by atoms with van der Waals surface area (Å²) < 4.78 is 16.3. The third-order valence-corrected chi connectivity index (χ3v) is 6.70. The van der Waals surface area contributed by atoms with E-state index in [-0.39, 0.29) is 17.2 Å². The van der Waals surface area contributed by atoms with Crippen molar-refractivity contribution < 1.29 is 19.1 Å². The Morgan fingerprint density at radius 1 is 1.07 bits per heavy atom. The van der Waals surface area contributed by atoms with Crippen LogP contribution in [-0.4, -0.2) is 69.9 Å². The highest BCUT2D eigenvalue weighted by molar-refractivity contribution is 6.05. The number of amides is 2. The molecule has 1 aliphatic heterocycles. The summed E-state index contributed by atoms with van der Waals surface area (Å²) in [5, 5.41) is 16.8. The molecule has 2 amide bonds. The summed E-state index contributed by atoms with van der Waals surface area (Å²) in [6, 6.07) is 5.72. The van der Waals surface area contributed by atoms with Crippen molar-refractivity contribution in [2.75, 3.05) is 38.6 Å². The Balaban J connectivity index is 0.00000216. The van der Waals surface area contributed by atoms with E-state index < -0.39 is 11.7 Å². The van der Waals surface area contributed by atoms with E-state index in [9.17, 15) is 14.0 Å². The number of rotatable bonds is 10. The summed E-state index contributed by atoms with van der Waals surface area (Å²) >= 11 is 0. The number of likely N-dealkylation sites (tertiary alicyclic amines) is 1. The number of halogens is 1. The molecule has 0 aliphatic carbocycles. The SMILES string of the molecule is CCC/C(=C\c1cc(C(=O)Nc2cc(C(=O)NCCN3CCCC3)ccc2F)cnc1C)c1cnn(C)c1.CO. The molecule has 10 heteroatoms. The van der Waals surface area contributed by atoms with Crippen LogP contribution >= 0.6 is 0 Å². The van der Waals surface area contributed by atoms with Crippen LogP contribution in [-0.2, 0) is 7.05 Å². The second-order valence-electron chi connectivity index (χ2n) is 9.67. The Morgan fingerprint density at radius 3 is 2.50 bits per heavy atom. The Hall–Kier alpha value is -3.89. The van der Waals surface area contributed by atoms with Crippen molar-refractivity contribution in [1.82, 2.24) is 25.0 Å². The number of pyridine rings is 1. The van der Waals surface area contributed by atoms with E-state index in [4.69, 9.17) is 5.11 Å². The number of carbonyl (C=O) groups excluding carboxylic acids is 2. The molecule has 1 aromatic carbocycles. The van der Waals surface area contributed by atoms with Gasteiger partial charge in [0.25, 0.3) is 11.8 Å². The van der Waals surface area contributed by atoms with E-state index in [0.29, 0.717) is 12.1 Å². The average molecular weight is 551 g/mol. The zero-order valence-electron chi connectivity index (χ0n) is 23.7. The number of hydrogen-bond donors (Lipinski definition) is 3. The fourth-order valence-corrected chi connectivity index (χ4v) is 4.56. The average Bonchev–Trinajstić information content (AvgIpc) is 3.63. The summed E-state index contributed by atoms with van der Waals surface area (Å²) in [5.41, 5.74) is 4.22. The van der Waals surface area contributed by atoms with Gasteiger partial charge in [-0.15, -0.1) is 0 Å². The van der Waals surface area contributed by atoms with Crippen molar-refractivity contribution in [3.05, 3.63) is 76.6 Å². The molecule has 2 aromatic heterocycles. The zero-order valence-corrected chi connectivity index (χ0v) is 23.7. The molecule has 214 valence electrons. The standard InChI is InChI=1S/C29H35FN6O2.CH4O/c1-4-7-21(25-18-33-35(3)19-25)14-23-15-24(17-32-20(23)2)29(38)34-27-16-22(8-9-26(27)30)28(37)31-10-13-36-11-5-6-12-36;1-2/h8-9,14-19H,4-7,10-13H2,1-3H3,(H,31,37)(H,34,38);2H,1H3/b21-14+;. The summed E-state index contributed by atoms with van der Waals surface area (Å²) in [7, 11) is 2.87. The van der Waals surface area contributed by atoms with Gasteiger partial charge >= 0.3 is 0 Å². The van der Waals surface area contributed by atoms with Crippen LogP contribution in [0.1, 0.15) is 70.1 Å². The van der Waals surface area contributed by atoms with Gasteiger partial charge in [-0.2, -0.15) is 5.10 Å². The second-order valence-corrected chi connectivity index (χ2v) is 9.67. The first-order chi connectivity index (χ1) is 19.3. The number of hydrogen-bond acceptors (Lipinski definition) is 6. The molecule has 0 radical (unpaired) electrons. The number of nitrogens with zero attached hydrogens (tertiary/aromatic N) is 4. The Kier molecular flexibility index (Phi) is 11.5. The number of nitrogens with one attached hydrogen (secondary N) is 2. The van der Waals surface area contributed by atoms with E-state index in [1.54, 1.807) is 10.7 Å². The van der Waals surface area contributed by atoms with E-state index in [0.717, 1.165) is 62.0 Å². The molecule has 9 nitrogen and oxygen atoms in total. The van der Waals surface area contributed by atoms with E-state index in [1.165, 1.54) is 37.2 Å². The minimum atomic E-state index is -0.617. The van der Waals surface area contributed by atoms with Gasteiger partial charge in [0.05, 0.1) is 17.4 Å². The fourth-order valence-electron chi connectivity index (χ4n) is 4.56. The molecule has 3 N–H and O–H groups in total. The topological polar surface area (TPSA) is 112 Å². The van der Waals surface area contributed by atoms with Crippen molar-refractivity contribution in [2.24, 2.45) is 7.05 Å². The van der Waals surface area contributed by atoms with Gasteiger partial charge in [-0.05, 0) is 80.8 Å².